The van der Waals surface area contributed by atoms with E-state index in [4.69, 9.17) is 5.11 Å². The highest BCUT2D eigenvalue weighted by molar-refractivity contribution is 6.01. The number of rotatable bonds is 4. The van der Waals surface area contributed by atoms with Gasteiger partial charge >= 0.3 is 11.9 Å². The van der Waals surface area contributed by atoms with Gasteiger partial charge in [0.15, 0.2) is 0 Å². The smallest absolute Gasteiger partial charge is 0.338 e. The highest BCUT2D eigenvalue weighted by atomic mass is 16.6. The predicted molar refractivity (Wildman–Crippen MR) is 63.5 cm³/mol. The second-order valence-electron chi connectivity index (χ2n) is 3.60. The summed E-state index contributed by atoms with van der Waals surface area (Å²) in [6.07, 6.45) is 2.09. The number of benzene rings is 1. The molecule has 94 valence electrons. The summed E-state index contributed by atoms with van der Waals surface area (Å²) in [6, 6.07) is 6.12. The van der Waals surface area contributed by atoms with Crippen molar-refractivity contribution in [3.8, 4) is 5.75 Å². The third-order valence-electron chi connectivity index (χ3n) is 1.91. The Morgan fingerprint density at radius 1 is 1.22 bits per heavy atom. The van der Waals surface area contributed by atoms with Crippen molar-refractivity contribution in [2.75, 3.05) is 0 Å². The van der Waals surface area contributed by atoms with Crippen LogP contribution in [-0.4, -0.2) is 22.8 Å². The lowest BCUT2D eigenvalue weighted by atomic mass is 10.2. The average Bonchev–Trinajstić information content (AvgIpc) is 2.27. The Labute approximate surface area is 104 Å². The molecule has 0 aliphatic rings. The molecule has 0 unspecified atom stereocenters. The number of esters is 2. The Balaban J connectivity index is 2.52. The molecule has 0 aliphatic heterocycles. The van der Waals surface area contributed by atoms with Gasteiger partial charge in [-0.2, -0.15) is 0 Å². The summed E-state index contributed by atoms with van der Waals surface area (Å²) in [5.41, 5.74) is 0.670. The van der Waals surface area contributed by atoms with E-state index in [0.717, 1.165) is 6.08 Å². The molecule has 1 rings (SSSR count). The molecule has 0 aliphatic carbocycles. The summed E-state index contributed by atoms with van der Waals surface area (Å²) in [7, 11) is 0. The van der Waals surface area contributed by atoms with Crippen molar-refractivity contribution in [3.63, 3.8) is 0 Å². The summed E-state index contributed by atoms with van der Waals surface area (Å²) >= 11 is 0. The first kappa shape index (κ1) is 13.6. The first-order chi connectivity index (χ1) is 8.47. The number of Topliss-reactive ketones (excluding diaryl/α,β-unsaturated/α-hetero) is 1. The summed E-state index contributed by atoms with van der Waals surface area (Å²) in [6.45, 7) is 1.23. The van der Waals surface area contributed by atoms with Crippen molar-refractivity contribution in [2.24, 2.45) is 0 Å². The van der Waals surface area contributed by atoms with Crippen LogP contribution in [0.2, 0.25) is 0 Å². The lowest BCUT2D eigenvalue weighted by molar-refractivity contribution is -0.156. The zero-order valence-electron chi connectivity index (χ0n) is 9.75. The van der Waals surface area contributed by atoms with Crippen LogP contribution in [0.1, 0.15) is 18.9 Å². The summed E-state index contributed by atoms with van der Waals surface area (Å²) in [5, 5.41) is 9.04. The van der Waals surface area contributed by atoms with Gasteiger partial charge in [0.25, 0.3) is 0 Å². The molecule has 18 heavy (non-hydrogen) atoms. The number of ketones is 1. The van der Waals surface area contributed by atoms with Gasteiger partial charge in [0.2, 0.25) is 0 Å². The van der Waals surface area contributed by atoms with Gasteiger partial charge in [0.1, 0.15) is 18.0 Å². The highest BCUT2D eigenvalue weighted by Crippen LogP contribution is 2.10. The number of phenols is 1. The lowest BCUT2D eigenvalue weighted by Gasteiger charge is -1.97. The number of hydrogen-bond acceptors (Lipinski definition) is 5. The highest BCUT2D eigenvalue weighted by Gasteiger charge is 2.09. The molecule has 0 saturated heterocycles. The van der Waals surface area contributed by atoms with E-state index in [-0.39, 0.29) is 11.5 Å². The molecule has 5 heteroatoms. The van der Waals surface area contributed by atoms with Gasteiger partial charge in [-0.1, -0.05) is 12.1 Å². The molecule has 0 radical (unpaired) electrons. The topological polar surface area (TPSA) is 80.7 Å². The molecule has 0 heterocycles. The number of aromatic hydroxyl groups is 1. The minimum Gasteiger partial charge on any atom is -0.508 e. The maximum Gasteiger partial charge on any atom is 0.338 e. The predicted octanol–water partition coefficient (Wildman–Crippen LogP) is 1.45. The Morgan fingerprint density at radius 2 is 1.83 bits per heavy atom. The molecule has 1 aromatic rings. The minimum absolute atomic E-state index is 0.117. The van der Waals surface area contributed by atoms with Crippen molar-refractivity contribution in [3.05, 3.63) is 35.9 Å². The fraction of sp³-hybridized carbons (Fsp3) is 0.154. The van der Waals surface area contributed by atoms with Crippen molar-refractivity contribution in [1.29, 1.82) is 0 Å². The van der Waals surface area contributed by atoms with Crippen LogP contribution < -0.4 is 0 Å². The molecule has 0 saturated carbocycles. The molecule has 5 nitrogen and oxygen atoms in total. The molecule has 0 bridgehead atoms. The number of carbonyl (C=O) groups excluding carboxylic acids is 3. The molecule has 0 amide bonds. The van der Waals surface area contributed by atoms with Crippen molar-refractivity contribution < 1.29 is 24.2 Å². The zero-order chi connectivity index (χ0) is 13.5. The van der Waals surface area contributed by atoms with Crippen molar-refractivity contribution >= 4 is 23.8 Å². The average molecular weight is 248 g/mol. The third-order valence-corrected chi connectivity index (χ3v) is 1.91. The van der Waals surface area contributed by atoms with Crippen LogP contribution in [0, 0.1) is 0 Å². The van der Waals surface area contributed by atoms with Crippen LogP contribution in [0.4, 0.5) is 0 Å². The quantitative estimate of drug-likeness (QED) is 0.495. The number of ether oxygens (including phenoxy) is 1. The SMILES string of the molecule is CC(=O)CC(=O)OC(=O)/C=C/c1ccc(O)cc1. The fourth-order valence-corrected chi connectivity index (χ4v) is 1.14. The summed E-state index contributed by atoms with van der Waals surface area (Å²) < 4.78 is 4.37. The standard InChI is InChI=1S/C13H12O5/c1-9(14)8-13(17)18-12(16)7-4-10-2-5-11(15)6-3-10/h2-7,15H,8H2,1H3/b7-4+. The lowest BCUT2D eigenvalue weighted by Crippen LogP contribution is -2.12. The molecule has 0 spiro atoms. The summed E-state index contributed by atoms with van der Waals surface area (Å²) in [5.74, 6) is -1.96. The van der Waals surface area contributed by atoms with Crippen LogP contribution in [-0.2, 0) is 19.1 Å². The van der Waals surface area contributed by atoms with E-state index in [0.29, 0.717) is 5.56 Å². The molecule has 0 fully saturated rings. The monoisotopic (exact) mass is 248 g/mol. The van der Waals surface area contributed by atoms with Crippen LogP contribution in [0.25, 0.3) is 6.08 Å². The van der Waals surface area contributed by atoms with Crippen LogP contribution >= 0.6 is 0 Å². The normalized spacial score (nSPS) is 10.3. The van der Waals surface area contributed by atoms with Crippen LogP contribution in [0.15, 0.2) is 30.3 Å². The number of hydrogen-bond donors (Lipinski definition) is 1. The summed E-state index contributed by atoms with van der Waals surface area (Å²) in [4.78, 5) is 32.8. The van der Waals surface area contributed by atoms with E-state index in [1.54, 1.807) is 12.1 Å². The zero-order valence-corrected chi connectivity index (χ0v) is 9.75. The Morgan fingerprint density at radius 3 is 2.39 bits per heavy atom. The minimum atomic E-state index is -0.872. The van der Waals surface area contributed by atoms with E-state index in [1.165, 1.54) is 25.1 Å². The second kappa shape index (κ2) is 6.34. The van der Waals surface area contributed by atoms with Gasteiger partial charge in [-0.25, -0.2) is 4.79 Å². The first-order valence-electron chi connectivity index (χ1n) is 5.18. The second-order valence-corrected chi connectivity index (χ2v) is 3.60. The van der Waals surface area contributed by atoms with E-state index < -0.39 is 18.4 Å². The molecular weight excluding hydrogens is 236 g/mol. The Bertz CT molecular complexity index is 485. The molecule has 1 aromatic carbocycles. The van der Waals surface area contributed by atoms with Crippen molar-refractivity contribution in [1.82, 2.24) is 0 Å². The Hall–Kier alpha value is -2.43. The Kier molecular flexibility index (Phi) is 4.80. The van der Waals surface area contributed by atoms with Gasteiger partial charge in [-0.05, 0) is 30.7 Å². The third kappa shape index (κ3) is 5.07. The van der Waals surface area contributed by atoms with E-state index in [2.05, 4.69) is 4.74 Å². The van der Waals surface area contributed by atoms with Gasteiger partial charge in [-0.15, -0.1) is 0 Å². The first-order valence-corrected chi connectivity index (χ1v) is 5.18. The molecule has 0 aromatic heterocycles. The molecule has 0 atom stereocenters. The van der Waals surface area contributed by atoms with Gasteiger partial charge in [0.05, 0.1) is 0 Å². The maximum absolute atomic E-state index is 11.2. The van der Waals surface area contributed by atoms with Gasteiger partial charge in [-0.3, -0.25) is 9.59 Å². The van der Waals surface area contributed by atoms with Crippen molar-refractivity contribution in [2.45, 2.75) is 13.3 Å². The van der Waals surface area contributed by atoms with E-state index in [9.17, 15) is 14.4 Å². The van der Waals surface area contributed by atoms with Gasteiger partial charge < -0.3 is 9.84 Å². The van der Waals surface area contributed by atoms with Gasteiger partial charge in [0, 0.05) is 6.08 Å². The molecular formula is C13H12O5. The van der Waals surface area contributed by atoms with E-state index >= 15 is 0 Å². The maximum atomic E-state index is 11.2. The number of phenolic OH excluding ortho intramolecular Hbond substituents is 1. The molecule has 1 N–H and O–H groups in total. The van der Waals surface area contributed by atoms with E-state index in [1.807, 2.05) is 0 Å². The largest absolute Gasteiger partial charge is 0.508 e. The number of carbonyl (C=O) groups is 3. The fourth-order valence-electron chi connectivity index (χ4n) is 1.14. The van der Waals surface area contributed by atoms with Crippen LogP contribution in [0.3, 0.4) is 0 Å². The van der Waals surface area contributed by atoms with Crippen LogP contribution in [0.5, 0.6) is 5.75 Å².